The van der Waals surface area contributed by atoms with Crippen molar-refractivity contribution in [3.8, 4) is 5.75 Å². The number of alkyl halides is 3. The second-order valence-electron chi connectivity index (χ2n) is 3.57. The van der Waals surface area contributed by atoms with E-state index in [1.165, 1.54) is 12.1 Å². The molecule has 0 heterocycles. The van der Waals surface area contributed by atoms with Gasteiger partial charge in [0.1, 0.15) is 5.75 Å². The Morgan fingerprint density at radius 2 is 1.93 bits per heavy atom. The minimum absolute atomic E-state index is 0.0604. The van der Waals surface area contributed by atoms with Crippen LogP contribution in [0.5, 0.6) is 5.75 Å². The third-order valence-electron chi connectivity index (χ3n) is 2.13. The molecule has 0 radical (unpaired) electrons. The number of anilines is 1. The molecule has 0 amide bonds. The number of ether oxygens (including phenoxy) is 1. The number of benzene rings is 1. The Morgan fingerprint density at radius 3 is 2.47 bits per heavy atom. The molecule has 0 spiro atoms. The van der Waals surface area contributed by atoms with Crippen LogP contribution < -0.4 is 10.5 Å². The Labute approximate surface area is 84.8 Å². The third-order valence-corrected chi connectivity index (χ3v) is 2.13. The number of nitrogen functional groups attached to an aromatic ring is 1. The van der Waals surface area contributed by atoms with Gasteiger partial charge in [-0.15, -0.1) is 0 Å². The number of halogens is 3. The van der Waals surface area contributed by atoms with Gasteiger partial charge in [-0.05, 0) is 31.0 Å². The molecule has 0 aromatic heterocycles. The van der Waals surface area contributed by atoms with Crippen LogP contribution in [-0.4, -0.2) is 6.10 Å². The smallest absolute Gasteiger partial charge is 0.420 e. The van der Waals surface area contributed by atoms with E-state index < -0.39 is 11.7 Å². The molecule has 2 N–H and O–H groups in total. The summed E-state index contributed by atoms with van der Waals surface area (Å²) in [5.41, 5.74) is 4.61. The van der Waals surface area contributed by atoms with Crippen molar-refractivity contribution in [1.82, 2.24) is 0 Å². The summed E-state index contributed by atoms with van der Waals surface area (Å²) in [5, 5.41) is 0. The van der Waals surface area contributed by atoms with E-state index >= 15 is 0 Å². The molecule has 1 aromatic carbocycles. The Balaban J connectivity index is 2.34. The van der Waals surface area contributed by atoms with Gasteiger partial charge in [0.2, 0.25) is 0 Å². The van der Waals surface area contributed by atoms with Crippen molar-refractivity contribution in [2.45, 2.75) is 25.1 Å². The number of rotatable bonds is 2. The largest absolute Gasteiger partial charge is 0.490 e. The lowest BCUT2D eigenvalue weighted by molar-refractivity contribution is -0.139. The van der Waals surface area contributed by atoms with Crippen LogP contribution in [0.15, 0.2) is 18.2 Å². The maximum Gasteiger partial charge on any atom is 0.420 e. The van der Waals surface area contributed by atoms with Gasteiger partial charge in [0.05, 0.1) is 11.7 Å². The predicted molar refractivity (Wildman–Crippen MR) is 49.5 cm³/mol. The molecule has 1 aliphatic rings. The lowest BCUT2D eigenvalue weighted by Gasteiger charge is -2.13. The van der Waals surface area contributed by atoms with E-state index in [9.17, 15) is 13.2 Å². The highest BCUT2D eigenvalue weighted by Crippen LogP contribution is 2.39. The molecule has 0 bridgehead atoms. The lowest BCUT2D eigenvalue weighted by Crippen LogP contribution is -2.10. The van der Waals surface area contributed by atoms with Gasteiger partial charge < -0.3 is 10.5 Å². The summed E-state index contributed by atoms with van der Waals surface area (Å²) in [6.07, 6.45) is -2.84. The van der Waals surface area contributed by atoms with Crippen molar-refractivity contribution in [3.63, 3.8) is 0 Å². The molecule has 2 rings (SSSR count). The van der Waals surface area contributed by atoms with Crippen LogP contribution in [-0.2, 0) is 6.18 Å². The number of hydrogen-bond donors (Lipinski definition) is 1. The summed E-state index contributed by atoms with van der Waals surface area (Å²) in [5.74, 6) is -0.126. The first kappa shape index (κ1) is 10.1. The minimum atomic E-state index is -4.42. The molecular weight excluding hydrogens is 207 g/mol. The monoisotopic (exact) mass is 217 g/mol. The molecule has 15 heavy (non-hydrogen) atoms. The van der Waals surface area contributed by atoms with Gasteiger partial charge in [-0.25, -0.2) is 0 Å². The molecule has 5 heteroatoms. The molecule has 0 atom stereocenters. The molecule has 1 aliphatic carbocycles. The van der Waals surface area contributed by atoms with Gasteiger partial charge in [-0.2, -0.15) is 13.2 Å². The second-order valence-corrected chi connectivity index (χ2v) is 3.57. The zero-order chi connectivity index (χ0) is 11.1. The van der Waals surface area contributed by atoms with Gasteiger partial charge >= 0.3 is 6.18 Å². The third kappa shape index (κ3) is 2.34. The topological polar surface area (TPSA) is 35.2 Å². The number of hydrogen-bond acceptors (Lipinski definition) is 2. The predicted octanol–water partition coefficient (Wildman–Crippen LogP) is 2.83. The minimum Gasteiger partial charge on any atom is -0.490 e. The van der Waals surface area contributed by atoms with E-state index in [0.717, 1.165) is 18.9 Å². The highest BCUT2D eigenvalue weighted by Gasteiger charge is 2.36. The fourth-order valence-corrected chi connectivity index (χ4v) is 1.24. The Bertz CT molecular complexity index is 371. The van der Waals surface area contributed by atoms with Crippen LogP contribution in [0.2, 0.25) is 0 Å². The van der Waals surface area contributed by atoms with Gasteiger partial charge in [0, 0.05) is 5.69 Å². The van der Waals surface area contributed by atoms with E-state index in [1.807, 2.05) is 0 Å². The van der Waals surface area contributed by atoms with Crippen LogP contribution in [0.1, 0.15) is 18.4 Å². The van der Waals surface area contributed by atoms with Crippen LogP contribution in [0.25, 0.3) is 0 Å². The molecule has 0 unspecified atom stereocenters. The van der Waals surface area contributed by atoms with E-state index in [1.54, 1.807) is 0 Å². The van der Waals surface area contributed by atoms with Gasteiger partial charge in [-0.1, -0.05) is 0 Å². The molecule has 0 aliphatic heterocycles. The second kappa shape index (κ2) is 3.32. The molecule has 1 aromatic rings. The Kier molecular flexibility index (Phi) is 2.25. The lowest BCUT2D eigenvalue weighted by atomic mass is 10.1. The number of nitrogens with two attached hydrogens (primary N) is 1. The zero-order valence-electron chi connectivity index (χ0n) is 7.84. The van der Waals surface area contributed by atoms with Crippen molar-refractivity contribution in [2.24, 2.45) is 0 Å². The molecule has 82 valence electrons. The zero-order valence-corrected chi connectivity index (χ0v) is 7.84. The highest BCUT2D eigenvalue weighted by atomic mass is 19.4. The average Bonchev–Trinajstić information content (AvgIpc) is 2.90. The SMILES string of the molecule is Nc1ccc(OC2CC2)c(C(F)(F)F)c1. The first-order chi connectivity index (χ1) is 6.97. The molecule has 0 saturated heterocycles. The van der Waals surface area contributed by atoms with Gasteiger partial charge in [0.15, 0.2) is 0 Å². The van der Waals surface area contributed by atoms with Crippen LogP contribution in [0, 0.1) is 0 Å². The summed E-state index contributed by atoms with van der Waals surface area (Å²) in [4.78, 5) is 0. The maximum atomic E-state index is 12.6. The Hall–Kier alpha value is -1.39. The summed E-state index contributed by atoms with van der Waals surface area (Å²) in [6.45, 7) is 0. The van der Waals surface area contributed by atoms with Crippen molar-refractivity contribution in [1.29, 1.82) is 0 Å². The van der Waals surface area contributed by atoms with E-state index in [0.29, 0.717) is 0 Å². The van der Waals surface area contributed by atoms with Crippen molar-refractivity contribution >= 4 is 5.69 Å². The van der Waals surface area contributed by atoms with E-state index in [-0.39, 0.29) is 17.5 Å². The Morgan fingerprint density at radius 1 is 1.27 bits per heavy atom. The first-order valence-corrected chi connectivity index (χ1v) is 4.60. The molecule has 1 saturated carbocycles. The normalized spacial score (nSPS) is 16.5. The first-order valence-electron chi connectivity index (χ1n) is 4.60. The average molecular weight is 217 g/mol. The summed E-state index contributed by atoms with van der Waals surface area (Å²) >= 11 is 0. The van der Waals surface area contributed by atoms with E-state index in [2.05, 4.69) is 0 Å². The summed E-state index contributed by atoms with van der Waals surface area (Å²) < 4.78 is 42.9. The van der Waals surface area contributed by atoms with E-state index in [4.69, 9.17) is 10.5 Å². The fourth-order valence-electron chi connectivity index (χ4n) is 1.24. The molecule has 1 fully saturated rings. The van der Waals surface area contributed by atoms with Crippen molar-refractivity contribution in [3.05, 3.63) is 23.8 Å². The van der Waals surface area contributed by atoms with Crippen LogP contribution in [0.4, 0.5) is 18.9 Å². The molecular formula is C10H10F3NO. The van der Waals surface area contributed by atoms with Crippen LogP contribution in [0.3, 0.4) is 0 Å². The summed E-state index contributed by atoms with van der Waals surface area (Å²) in [7, 11) is 0. The van der Waals surface area contributed by atoms with Gasteiger partial charge in [0.25, 0.3) is 0 Å². The standard InChI is InChI=1S/C10H10F3NO/c11-10(12,13)8-5-6(14)1-4-9(8)15-7-2-3-7/h1,4-5,7H,2-3,14H2. The quantitative estimate of drug-likeness (QED) is 0.773. The van der Waals surface area contributed by atoms with Crippen molar-refractivity contribution < 1.29 is 17.9 Å². The highest BCUT2D eigenvalue weighted by molar-refractivity contribution is 5.49. The molecule has 2 nitrogen and oxygen atoms in total. The van der Waals surface area contributed by atoms with Gasteiger partial charge in [-0.3, -0.25) is 0 Å². The van der Waals surface area contributed by atoms with Crippen LogP contribution >= 0.6 is 0 Å². The fraction of sp³-hybridized carbons (Fsp3) is 0.400. The summed E-state index contributed by atoms with van der Waals surface area (Å²) in [6, 6.07) is 3.58. The maximum absolute atomic E-state index is 12.6. The van der Waals surface area contributed by atoms with Crippen molar-refractivity contribution in [2.75, 3.05) is 5.73 Å².